The Morgan fingerprint density at radius 3 is 3.04 bits per heavy atom. The summed E-state index contributed by atoms with van der Waals surface area (Å²) >= 11 is 5.88. The van der Waals surface area contributed by atoms with Crippen LogP contribution in [-0.2, 0) is 0 Å². The van der Waals surface area contributed by atoms with Gasteiger partial charge in [0.25, 0.3) is 5.91 Å². The third-order valence-corrected chi connectivity index (χ3v) is 4.75. The monoisotopic (exact) mass is 331 g/mol. The number of fused-ring (bicyclic) bond motifs is 1. The number of pyridine rings is 1. The van der Waals surface area contributed by atoms with Crippen molar-refractivity contribution < 1.29 is 4.79 Å². The average Bonchev–Trinajstić information content (AvgIpc) is 2.56. The SMILES string of the molecule is CC1CCCCN1CCNC(=O)c1ccc2nc(Cl)ccc2c1. The number of likely N-dealkylation sites (tertiary alicyclic amines) is 1. The molecule has 0 radical (unpaired) electrons. The van der Waals surface area contributed by atoms with E-state index in [2.05, 4.69) is 22.1 Å². The second-order valence-corrected chi connectivity index (χ2v) is 6.57. The molecule has 4 nitrogen and oxygen atoms in total. The van der Waals surface area contributed by atoms with Crippen LogP contribution in [0.3, 0.4) is 0 Å². The molecular weight excluding hydrogens is 310 g/mol. The van der Waals surface area contributed by atoms with Gasteiger partial charge in [-0.3, -0.25) is 9.69 Å². The van der Waals surface area contributed by atoms with Gasteiger partial charge in [-0.25, -0.2) is 4.98 Å². The highest BCUT2D eigenvalue weighted by atomic mass is 35.5. The molecule has 1 atom stereocenters. The van der Waals surface area contributed by atoms with E-state index in [1.54, 1.807) is 12.1 Å². The molecule has 3 rings (SSSR count). The van der Waals surface area contributed by atoms with Crippen molar-refractivity contribution in [3.8, 4) is 0 Å². The lowest BCUT2D eigenvalue weighted by Crippen LogP contribution is -2.42. The first-order valence-electron chi connectivity index (χ1n) is 8.22. The van der Waals surface area contributed by atoms with Gasteiger partial charge in [-0.15, -0.1) is 0 Å². The van der Waals surface area contributed by atoms with E-state index >= 15 is 0 Å². The van der Waals surface area contributed by atoms with Crippen LogP contribution in [0.1, 0.15) is 36.5 Å². The lowest BCUT2D eigenvalue weighted by molar-refractivity contribution is 0.0938. The Labute approximate surface area is 141 Å². The van der Waals surface area contributed by atoms with Gasteiger partial charge in [0.05, 0.1) is 5.52 Å². The van der Waals surface area contributed by atoms with Crippen LogP contribution in [0, 0.1) is 0 Å². The average molecular weight is 332 g/mol. The molecular formula is C18H22ClN3O. The molecule has 0 saturated carbocycles. The number of nitrogens with zero attached hydrogens (tertiary/aromatic N) is 2. The molecule has 0 aliphatic carbocycles. The van der Waals surface area contributed by atoms with E-state index < -0.39 is 0 Å². The van der Waals surface area contributed by atoms with Crippen LogP contribution in [-0.4, -0.2) is 41.5 Å². The summed E-state index contributed by atoms with van der Waals surface area (Å²) in [7, 11) is 0. The van der Waals surface area contributed by atoms with Crippen molar-refractivity contribution >= 4 is 28.4 Å². The van der Waals surface area contributed by atoms with E-state index in [0.29, 0.717) is 23.3 Å². The van der Waals surface area contributed by atoms with Crippen LogP contribution in [0.4, 0.5) is 0 Å². The Morgan fingerprint density at radius 2 is 2.22 bits per heavy atom. The highest BCUT2D eigenvalue weighted by molar-refractivity contribution is 6.29. The van der Waals surface area contributed by atoms with Crippen molar-refractivity contribution in [2.24, 2.45) is 0 Å². The third kappa shape index (κ3) is 4.01. The van der Waals surface area contributed by atoms with Gasteiger partial charge in [0.1, 0.15) is 5.15 Å². The standard InChI is InChI=1S/C18H22ClN3O/c1-13-4-2-3-10-22(13)11-9-20-18(23)15-5-7-16-14(12-15)6-8-17(19)21-16/h5-8,12-13H,2-4,9-11H2,1H3,(H,20,23). The zero-order valence-electron chi connectivity index (χ0n) is 13.4. The number of nitrogens with one attached hydrogen (secondary N) is 1. The van der Waals surface area contributed by atoms with E-state index in [1.807, 2.05) is 18.2 Å². The number of carbonyl (C=O) groups is 1. The molecule has 0 spiro atoms. The lowest BCUT2D eigenvalue weighted by Gasteiger charge is -2.33. The Kier molecular flexibility index (Phi) is 5.13. The lowest BCUT2D eigenvalue weighted by atomic mass is 10.0. The number of hydrogen-bond donors (Lipinski definition) is 1. The summed E-state index contributed by atoms with van der Waals surface area (Å²) in [4.78, 5) is 19.0. The molecule has 1 fully saturated rings. The summed E-state index contributed by atoms with van der Waals surface area (Å²) in [5.41, 5.74) is 1.46. The Balaban J connectivity index is 1.58. The van der Waals surface area contributed by atoms with Gasteiger partial charge in [0.15, 0.2) is 0 Å². The van der Waals surface area contributed by atoms with Crippen LogP contribution in [0.15, 0.2) is 30.3 Å². The molecule has 2 heterocycles. The molecule has 1 aliphatic heterocycles. The molecule has 1 amide bonds. The summed E-state index contributed by atoms with van der Waals surface area (Å²) in [5, 5.41) is 4.40. The molecule has 1 N–H and O–H groups in total. The topological polar surface area (TPSA) is 45.2 Å². The molecule has 2 aromatic rings. The van der Waals surface area contributed by atoms with Crippen molar-refractivity contribution in [1.29, 1.82) is 0 Å². The normalized spacial score (nSPS) is 19.0. The number of piperidine rings is 1. The number of benzene rings is 1. The van der Waals surface area contributed by atoms with Crippen LogP contribution in [0.2, 0.25) is 5.15 Å². The molecule has 1 saturated heterocycles. The highest BCUT2D eigenvalue weighted by Gasteiger charge is 2.17. The van der Waals surface area contributed by atoms with E-state index in [9.17, 15) is 4.79 Å². The molecule has 23 heavy (non-hydrogen) atoms. The van der Waals surface area contributed by atoms with Crippen LogP contribution in [0.5, 0.6) is 0 Å². The van der Waals surface area contributed by atoms with Crippen molar-refractivity contribution in [3.63, 3.8) is 0 Å². The minimum absolute atomic E-state index is 0.0356. The summed E-state index contributed by atoms with van der Waals surface area (Å²) < 4.78 is 0. The van der Waals surface area contributed by atoms with Gasteiger partial charge < -0.3 is 5.32 Å². The van der Waals surface area contributed by atoms with Gasteiger partial charge in [-0.1, -0.05) is 18.0 Å². The van der Waals surface area contributed by atoms with Gasteiger partial charge in [0.2, 0.25) is 0 Å². The smallest absolute Gasteiger partial charge is 0.251 e. The van der Waals surface area contributed by atoms with Crippen LogP contribution >= 0.6 is 11.6 Å². The summed E-state index contributed by atoms with van der Waals surface area (Å²) in [5.74, 6) is -0.0356. The third-order valence-electron chi connectivity index (χ3n) is 4.54. The number of rotatable bonds is 4. The van der Waals surface area contributed by atoms with Crippen LogP contribution < -0.4 is 5.32 Å². The highest BCUT2D eigenvalue weighted by Crippen LogP contribution is 2.17. The van der Waals surface area contributed by atoms with Crippen molar-refractivity contribution in [2.75, 3.05) is 19.6 Å². The van der Waals surface area contributed by atoms with E-state index in [0.717, 1.165) is 24.0 Å². The Hall–Kier alpha value is -1.65. The van der Waals surface area contributed by atoms with E-state index in [-0.39, 0.29) is 5.91 Å². The minimum Gasteiger partial charge on any atom is -0.351 e. The molecule has 1 aromatic carbocycles. The van der Waals surface area contributed by atoms with Crippen molar-refractivity contribution in [2.45, 2.75) is 32.2 Å². The zero-order chi connectivity index (χ0) is 16.2. The fourth-order valence-corrected chi connectivity index (χ4v) is 3.30. The summed E-state index contributed by atoms with van der Waals surface area (Å²) in [6, 6.07) is 9.74. The number of halogens is 1. The maximum absolute atomic E-state index is 12.3. The second kappa shape index (κ2) is 7.28. The largest absolute Gasteiger partial charge is 0.351 e. The fraction of sp³-hybridized carbons (Fsp3) is 0.444. The number of carbonyl (C=O) groups excluding carboxylic acids is 1. The number of amides is 1. The second-order valence-electron chi connectivity index (χ2n) is 6.18. The van der Waals surface area contributed by atoms with Gasteiger partial charge in [-0.05, 0) is 56.6 Å². The zero-order valence-corrected chi connectivity index (χ0v) is 14.1. The predicted octanol–water partition coefficient (Wildman–Crippen LogP) is 3.49. The first-order chi connectivity index (χ1) is 11.1. The van der Waals surface area contributed by atoms with Crippen molar-refractivity contribution in [3.05, 3.63) is 41.0 Å². The van der Waals surface area contributed by atoms with Gasteiger partial charge in [0, 0.05) is 30.1 Å². The number of hydrogen-bond acceptors (Lipinski definition) is 3. The molecule has 0 bridgehead atoms. The predicted molar refractivity (Wildman–Crippen MR) is 94.0 cm³/mol. The maximum atomic E-state index is 12.3. The Morgan fingerprint density at radius 1 is 1.35 bits per heavy atom. The molecule has 1 unspecified atom stereocenters. The van der Waals surface area contributed by atoms with E-state index in [1.165, 1.54) is 19.3 Å². The fourth-order valence-electron chi connectivity index (χ4n) is 3.15. The molecule has 5 heteroatoms. The summed E-state index contributed by atoms with van der Waals surface area (Å²) in [6.45, 7) is 5.00. The maximum Gasteiger partial charge on any atom is 0.251 e. The minimum atomic E-state index is -0.0356. The molecule has 122 valence electrons. The molecule has 1 aliphatic rings. The van der Waals surface area contributed by atoms with E-state index in [4.69, 9.17) is 11.6 Å². The number of aromatic nitrogens is 1. The molecule has 1 aromatic heterocycles. The quantitative estimate of drug-likeness (QED) is 0.872. The first-order valence-corrected chi connectivity index (χ1v) is 8.60. The van der Waals surface area contributed by atoms with Gasteiger partial charge in [-0.2, -0.15) is 0 Å². The summed E-state index contributed by atoms with van der Waals surface area (Å²) in [6.07, 6.45) is 3.84. The van der Waals surface area contributed by atoms with Crippen LogP contribution in [0.25, 0.3) is 10.9 Å². The first kappa shape index (κ1) is 16.2. The van der Waals surface area contributed by atoms with Crippen molar-refractivity contribution in [1.82, 2.24) is 15.2 Å². The van der Waals surface area contributed by atoms with Gasteiger partial charge >= 0.3 is 0 Å². The Bertz CT molecular complexity index is 704.